The molecule has 22 heavy (non-hydrogen) atoms. The molecular formula is C15H27N5OS. The predicted octanol–water partition coefficient (Wildman–Crippen LogP) is 1.13. The number of nitrogens with zero attached hydrogens (tertiary/aromatic N) is 3. The van der Waals surface area contributed by atoms with Gasteiger partial charge >= 0.3 is 6.03 Å². The lowest BCUT2D eigenvalue weighted by molar-refractivity contribution is 0.0787. The molecule has 6 nitrogen and oxygen atoms in total. The number of likely N-dealkylation sites (N-methyl/N-ethyl adjacent to an activating group) is 1. The van der Waals surface area contributed by atoms with Gasteiger partial charge in [0.2, 0.25) is 0 Å². The summed E-state index contributed by atoms with van der Waals surface area (Å²) in [7, 11) is 5.90. The Labute approximate surface area is 136 Å². The van der Waals surface area contributed by atoms with Crippen LogP contribution in [0.3, 0.4) is 0 Å². The third-order valence-corrected chi connectivity index (χ3v) is 5.35. The van der Waals surface area contributed by atoms with Gasteiger partial charge in [0.15, 0.2) is 0 Å². The van der Waals surface area contributed by atoms with Crippen molar-refractivity contribution in [1.82, 2.24) is 25.4 Å². The number of thiazole rings is 1. The number of hydrogen-bond acceptors (Lipinski definition) is 5. The van der Waals surface area contributed by atoms with Crippen molar-refractivity contribution in [3.05, 3.63) is 16.1 Å². The molecule has 1 aliphatic heterocycles. The minimum atomic E-state index is -0.0970. The summed E-state index contributed by atoms with van der Waals surface area (Å²) >= 11 is 1.74. The van der Waals surface area contributed by atoms with E-state index in [1.807, 2.05) is 5.51 Å². The smallest absolute Gasteiger partial charge is 0.314 e. The summed E-state index contributed by atoms with van der Waals surface area (Å²) < 4.78 is 0. The van der Waals surface area contributed by atoms with Crippen LogP contribution in [-0.2, 0) is 6.54 Å². The van der Waals surface area contributed by atoms with Crippen LogP contribution in [0, 0.1) is 12.8 Å². The van der Waals surface area contributed by atoms with E-state index < -0.39 is 0 Å². The highest BCUT2D eigenvalue weighted by atomic mass is 32.1. The minimum Gasteiger partial charge on any atom is -0.341 e. The van der Waals surface area contributed by atoms with Crippen molar-refractivity contribution in [3.8, 4) is 0 Å². The number of urea groups is 1. The van der Waals surface area contributed by atoms with Gasteiger partial charge in [-0.1, -0.05) is 0 Å². The molecule has 1 saturated heterocycles. The van der Waals surface area contributed by atoms with E-state index >= 15 is 0 Å². The maximum atomic E-state index is 11.4. The van der Waals surface area contributed by atoms with Crippen molar-refractivity contribution >= 4 is 17.4 Å². The topological polar surface area (TPSA) is 60.5 Å². The van der Waals surface area contributed by atoms with Gasteiger partial charge in [-0.05, 0) is 39.9 Å². The first-order valence-corrected chi connectivity index (χ1v) is 8.62. The Morgan fingerprint density at radius 3 is 2.91 bits per heavy atom. The van der Waals surface area contributed by atoms with Crippen molar-refractivity contribution in [2.45, 2.75) is 25.9 Å². The van der Waals surface area contributed by atoms with Crippen LogP contribution in [0.2, 0.25) is 0 Å². The average molecular weight is 325 g/mol. The van der Waals surface area contributed by atoms with Crippen molar-refractivity contribution in [2.24, 2.45) is 5.92 Å². The zero-order valence-electron chi connectivity index (χ0n) is 13.9. The van der Waals surface area contributed by atoms with Crippen LogP contribution in [0.5, 0.6) is 0 Å². The maximum Gasteiger partial charge on any atom is 0.314 e. The number of piperidine rings is 1. The minimum absolute atomic E-state index is 0.0970. The van der Waals surface area contributed by atoms with Gasteiger partial charge in [0.05, 0.1) is 11.2 Å². The molecule has 1 aromatic rings. The molecule has 0 radical (unpaired) electrons. The summed E-state index contributed by atoms with van der Waals surface area (Å²) in [5, 5.41) is 5.57. The Kier molecular flexibility index (Phi) is 6.16. The molecule has 0 unspecified atom stereocenters. The normalized spacial score (nSPS) is 22.8. The molecule has 1 aliphatic rings. The lowest BCUT2D eigenvalue weighted by Crippen LogP contribution is -2.53. The number of carbonyl (C=O) groups is 1. The van der Waals surface area contributed by atoms with Crippen LogP contribution in [0.4, 0.5) is 4.79 Å². The SMILES string of the molecule is CNC(=O)NC[C@H]1CCN(Cc2scnc2C)C[C@H]1N(C)C. The van der Waals surface area contributed by atoms with Crippen molar-refractivity contribution in [2.75, 3.05) is 40.8 Å². The lowest BCUT2D eigenvalue weighted by Gasteiger charge is -2.41. The molecule has 2 N–H and O–H groups in total. The molecule has 0 saturated carbocycles. The molecule has 0 aromatic carbocycles. The molecule has 2 amide bonds. The Morgan fingerprint density at radius 1 is 1.55 bits per heavy atom. The molecule has 7 heteroatoms. The van der Waals surface area contributed by atoms with Gasteiger partial charge in [-0.2, -0.15) is 0 Å². The standard InChI is InChI=1S/C15H27N5OS/c1-11-14(22-10-18-11)9-20-6-5-12(7-17-15(21)16-2)13(8-20)19(3)4/h10,12-13H,5-9H2,1-4H3,(H2,16,17,21)/t12-,13-/m1/s1. The second kappa shape index (κ2) is 7.89. The molecule has 1 aromatic heterocycles. The first kappa shape index (κ1) is 17.2. The summed E-state index contributed by atoms with van der Waals surface area (Å²) in [6.45, 7) is 5.90. The molecular weight excluding hydrogens is 298 g/mol. The van der Waals surface area contributed by atoms with Gasteiger partial charge in [0.1, 0.15) is 0 Å². The number of nitrogens with one attached hydrogen (secondary N) is 2. The number of rotatable bonds is 5. The van der Waals surface area contributed by atoms with E-state index in [1.54, 1.807) is 18.4 Å². The maximum absolute atomic E-state index is 11.4. The Bertz CT molecular complexity index is 490. The Morgan fingerprint density at radius 2 is 2.32 bits per heavy atom. The molecule has 0 bridgehead atoms. The van der Waals surface area contributed by atoms with Crippen LogP contribution in [-0.4, -0.2) is 67.6 Å². The number of amides is 2. The zero-order valence-corrected chi connectivity index (χ0v) is 14.7. The number of carbonyl (C=O) groups excluding carboxylic acids is 1. The van der Waals surface area contributed by atoms with Gasteiger partial charge in [-0.15, -0.1) is 11.3 Å². The summed E-state index contributed by atoms with van der Waals surface area (Å²) in [6.07, 6.45) is 1.10. The van der Waals surface area contributed by atoms with Crippen LogP contribution in [0.25, 0.3) is 0 Å². The lowest BCUT2D eigenvalue weighted by atomic mass is 9.90. The Balaban J connectivity index is 1.92. The predicted molar refractivity (Wildman–Crippen MR) is 90.2 cm³/mol. The first-order valence-electron chi connectivity index (χ1n) is 7.74. The van der Waals surface area contributed by atoms with E-state index in [2.05, 4.69) is 46.4 Å². The molecule has 2 rings (SSSR count). The quantitative estimate of drug-likeness (QED) is 0.852. The number of aryl methyl sites for hydroxylation is 1. The highest BCUT2D eigenvalue weighted by Gasteiger charge is 2.31. The second-order valence-corrected chi connectivity index (χ2v) is 7.08. The fraction of sp³-hybridized carbons (Fsp3) is 0.733. The van der Waals surface area contributed by atoms with Gasteiger partial charge in [-0.25, -0.2) is 9.78 Å². The van der Waals surface area contributed by atoms with Crippen LogP contribution >= 0.6 is 11.3 Å². The molecule has 0 spiro atoms. The number of hydrogen-bond donors (Lipinski definition) is 2. The average Bonchev–Trinajstić information content (AvgIpc) is 2.90. The summed E-state index contributed by atoms with van der Waals surface area (Å²) in [6, 6.07) is 0.361. The highest BCUT2D eigenvalue weighted by molar-refractivity contribution is 7.09. The van der Waals surface area contributed by atoms with E-state index in [-0.39, 0.29) is 6.03 Å². The van der Waals surface area contributed by atoms with E-state index in [9.17, 15) is 4.79 Å². The van der Waals surface area contributed by atoms with Crippen molar-refractivity contribution in [3.63, 3.8) is 0 Å². The second-order valence-electron chi connectivity index (χ2n) is 6.14. The largest absolute Gasteiger partial charge is 0.341 e. The summed E-state index contributed by atoms with van der Waals surface area (Å²) in [5.41, 5.74) is 3.07. The van der Waals surface area contributed by atoms with Crippen LogP contribution in [0.1, 0.15) is 17.0 Å². The molecule has 1 fully saturated rings. The van der Waals surface area contributed by atoms with E-state index in [0.29, 0.717) is 12.0 Å². The van der Waals surface area contributed by atoms with E-state index in [0.717, 1.165) is 38.3 Å². The third kappa shape index (κ3) is 4.41. The van der Waals surface area contributed by atoms with Gasteiger partial charge in [0.25, 0.3) is 0 Å². The molecule has 2 atom stereocenters. The Hall–Kier alpha value is -1.18. The van der Waals surface area contributed by atoms with Crippen molar-refractivity contribution < 1.29 is 4.79 Å². The van der Waals surface area contributed by atoms with Crippen LogP contribution in [0.15, 0.2) is 5.51 Å². The number of aromatic nitrogens is 1. The molecule has 2 heterocycles. The zero-order chi connectivity index (χ0) is 16.1. The number of likely N-dealkylation sites (tertiary alicyclic amines) is 1. The van der Waals surface area contributed by atoms with Gasteiger partial charge < -0.3 is 15.5 Å². The first-order chi connectivity index (χ1) is 10.5. The molecule has 0 aliphatic carbocycles. The fourth-order valence-electron chi connectivity index (χ4n) is 3.01. The fourth-order valence-corrected chi connectivity index (χ4v) is 3.82. The van der Waals surface area contributed by atoms with E-state index in [1.165, 1.54) is 4.88 Å². The van der Waals surface area contributed by atoms with E-state index in [4.69, 9.17) is 0 Å². The summed E-state index contributed by atoms with van der Waals surface area (Å²) in [5.74, 6) is 0.492. The molecule has 124 valence electrons. The van der Waals surface area contributed by atoms with Crippen molar-refractivity contribution in [1.29, 1.82) is 0 Å². The third-order valence-electron chi connectivity index (χ3n) is 4.43. The monoisotopic (exact) mass is 325 g/mol. The van der Waals surface area contributed by atoms with Crippen LogP contribution < -0.4 is 10.6 Å². The highest BCUT2D eigenvalue weighted by Crippen LogP contribution is 2.24. The summed E-state index contributed by atoms with van der Waals surface area (Å²) in [4.78, 5) is 21.9. The van der Waals surface area contributed by atoms with Gasteiger partial charge in [-0.3, -0.25) is 4.90 Å². The van der Waals surface area contributed by atoms with Gasteiger partial charge in [0, 0.05) is 37.6 Å².